The Bertz CT molecular complexity index is 1490. The number of likely N-dealkylation sites (tertiary alicyclic amines) is 1. The molecular formula is C36H50N2O11. The number of carbonyl (C=O) groups excluding carboxylic acids is 2. The zero-order valence-electron chi connectivity index (χ0n) is 28.9. The number of piperidine rings is 1. The van der Waals surface area contributed by atoms with Gasteiger partial charge in [-0.1, -0.05) is 19.1 Å². The van der Waals surface area contributed by atoms with Gasteiger partial charge >= 0.3 is 11.9 Å². The topological polar surface area (TPSA) is 173 Å². The number of ether oxygens (including phenoxy) is 5. The number of nitrogens with zero attached hydrogens (tertiary/aromatic N) is 1. The first-order chi connectivity index (χ1) is 23.4. The quantitative estimate of drug-likeness (QED) is 0.236. The van der Waals surface area contributed by atoms with Gasteiger partial charge in [0.15, 0.2) is 0 Å². The number of hydrogen-bond acceptors (Lipinski definition) is 11. The largest absolute Gasteiger partial charge is 0.481 e. The minimum atomic E-state index is -1.70. The number of fused-ring (bicyclic) bond motifs is 2. The first kappa shape index (κ1) is 34.8. The number of para-hydroxylation sites is 1. The highest BCUT2D eigenvalue weighted by Crippen LogP contribution is 2.80. The molecule has 1 aromatic carbocycles. The average Bonchev–Trinajstić information content (AvgIpc) is 3.51. The third kappa shape index (κ3) is 4.45. The Labute approximate surface area is 286 Å². The number of carboxylic acids is 1. The molecule has 13 atom stereocenters. The van der Waals surface area contributed by atoms with Crippen molar-refractivity contribution in [1.82, 2.24) is 4.90 Å². The van der Waals surface area contributed by atoms with Gasteiger partial charge in [-0.15, -0.1) is 0 Å². The van der Waals surface area contributed by atoms with E-state index in [4.69, 9.17) is 28.8 Å². The van der Waals surface area contributed by atoms with Gasteiger partial charge in [0.2, 0.25) is 5.91 Å². The van der Waals surface area contributed by atoms with Crippen molar-refractivity contribution in [2.24, 2.45) is 34.5 Å². The van der Waals surface area contributed by atoms with Gasteiger partial charge in [-0.25, -0.2) is 4.79 Å². The lowest BCUT2D eigenvalue weighted by atomic mass is 9.42. The van der Waals surface area contributed by atoms with E-state index >= 15 is 0 Å². The highest BCUT2D eigenvalue weighted by molar-refractivity contribution is 6.01. The first-order valence-electron chi connectivity index (χ1n) is 17.5. The summed E-state index contributed by atoms with van der Waals surface area (Å²) < 4.78 is 31.2. The van der Waals surface area contributed by atoms with E-state index in [0.717, 1.165) is 6.42 Å². The summed E-state index contributed by atoms with van der Waals surface area (Å²) in [5.74, 6) is -2.97. The minimum Gasteiger partial charge on any atom is -0.481 e. The molecule has 0 unspecified atom stereocenters. The molecule has 270 valence electrons. The Morgan fingerprint density at radius 1 is 1.02 bits per heavy atom. The number of likely N-dealkylation sites (N-methyl/N-ethyl adjacent to an activating group) is 1. The number of rotatable bonds is 12. The van der Waals surface area contributed by atoms with Crippen LogP contribution >= 0.6 is 0 Å². The molecule has 0 aromatic heterocycles. The Kier molecular flexibility index (Phi) is 8.69. The minimum absolute atomic E-state index is 0.0305. The summed E-state index contributed by atoms with van der Waals surface area (Å²) in [5.41, 5.74) is -4.18. The van der Waals surface area contributed by atoms with E-state index < -0.39 is 52.0 Å². The van der Waals surface area contributed by atoms with Crippen LogP contribution in [-0.4, -0.2) is 128 Å². The lowest BCUT2D eigenvalue weighted by molar-refractivity contribution is -0.320. The van der Waals surface area contributed by atoms with Gasteiger partial charge in [0, 0.05) is 76.4 Å². The van der Waals surface area contributed by atoms with Gasteiger partial charge in [0.25, 0.3) is 0 Å². The van der Waals surface area contributed by atoms with Crippen molar-refractivity contribution in [2.75, 3.05) is 53.5 Å². The molecule has 1 aliphatic heterocycles. The number of nitrogens with one attached hydrogen (secondary N) is 1. The zero-order chi connectivity index (χ0) is 35.1. The Morgan fingerprint density at radius 3 is 2.43 bits per heavy atom. The molecule has 13 nitrogen and oxygen atoms in total. The van der Waals surface area contributed by atoms with Crippen molar-refractivity contribution in [2.45, 2.75) is 87.1 Å². The van der Waals surface area contributed by atoms with Crippen molar-refractivity contribution < 1.29 is 53.4 Å². The summed E-state index contributed by atoms with van der Waals surface area (Å²) in [6.45, 7) is 3.20. The summed E-state index contributed by atoms with van der Waals surface area (Å²) in [4.78, 5) is 39.6. The van der Waals surface area contributed by atoms with E-state index in [1.807, 2.05) is 0 Å². The summed E-state index contributed by atoms with van der Waals surface area (Å²) in [6, 6.07) is 6.04. The molecule has 7 rings (SSSR count). The summed E-state index contributed by atoms with van der Waals surface area (Å²) in [5, 5.41) is 38.2. The lowest BCUT2D eigenvalue weighted by Crippen LogP contribution is -2.82. The van der Waals surface area contributed by atoms with Crippen LogP contribution in [0.5, 0.6) is 0 Å². The fourth-order valence-corrected chi connectivity index (χ4v) is 12.5. The monoisotopic (exact) mass is 686 g/mol. The van der Waals surface area contributed by atoms with Crippen LogP contribution in [0.4, 0.5) is 5.69 Å². The fourth-order valence-electron chi connectivity index (χ4n) is 12.5. The van der Waals surface area contributed by atoms with Gasteiger partial charge in [-0.3, -0.25) is 14.5 Å². The molecule has 6 fully saturated rings. The van der Waals surface area contributed by atoms with E-state index in [9.17, 15) is 24.6 Å². The van der Waals surface area contributed by atoms with Crippen molar-refractivity contribution >= 4 is 23.5 Å². The molecule has 5 aliphatic carbocycles. The SMILES string of the molecule is CCN1C[C@]2(COC(=O)c3ccccc3NC(=O)CCC(=O)O)CC[C@@H](OC)[C@]34[C@@H]5C[C@@H]6[C@@H](OC)[C@@H]5[C@](O)(C[C@@H]6OC)[C@@](O)([C@@H](OC)[C@H]23)[C@@H]14. The maximum atomic E-state index is 13.9. The summed E-state index contributed by atoms with van der Waals surface area (Å²) >= 11 is 0. The molecule has 1 amide bonds. The Balaban J connectivity index is 1.29. The van der Waals surface area contributed by atoms with Gasteiger partial charge in [0.05, 0.1) is 54.7 Å². The second kappa shape index (κ2) is 12.2. The van der Waals surface area contributed by atoms with Gasteiger partial charge in [-0.05, 0) is 43.9 Å². The van der Waals surface area contributed by atoms with Gasteiger partial charge in [-0.2, -0.15) is 0 Å². The molecular weight excluding hydrogens is 636 g/mol. The van der Waals surface area contributed by atoms with E-state index in [0.29, 0.717) is 25.9 Å². The van der Waals surface area contributed by atoms with Crippen molar-refractivity contribution in [1.29, 1.82) is 0 Å². The molecule has 5 saturated carbocycles. The van der Waals surface area contributed by atoms with Crippen LogP contribution in [0.3, 0.4) is 0 Å². The van der Waals surface area contributed by atoms with Crippen LogP contribution in [0.1, 0.15) is 55.8 Å². The number of aliphatic carboxylic acids is 1. The lowest BCUT2D eigenvalue weighted by Gasteiger charge is -2.70. The van der Waals surface area contributed by atoms with E-state index in [-0.39, 0.29) is 79.1 Å². The molecule has 4 N–H and O–H groups in total. The van der Waals surface area contributed by atoms with E-state index in [2.05, 4.69) is 17.1 Å². The predicted octanol–water partition coefficient (Wildman–Crippen LogP) is 1.94. The van der Waals surface area contributed by atoms with Crippen LogP contribution < -0.4 is 5.32 Å². The number of esters is 1. The Hall–Kier alpha value is -2.65. The highest BCUT2D eigenvalue weighted by atomic mass is 16.5. The zero-order valence-corrected chi connectivity index (χ0v) is 28.9. The number of carboxylic acid groups (broad SMARTS) is 1. The molecule has 49 heavy (non-hydrogen) atoms. The third-order valence-electron chi connectivity index (χ3n) is 13.8. The third-order valence-corrected chi connectivity index (χ3v) is 13.8. The van der Waals surface area contributed by atoms with Crippen LogP contribution in [0.2, 0.25) is 0 Å². The smallest absolute Gasteiger partial charge is 0.340 e. The molecule has 1 heterocycles. The molecule has 13 heteroatoms. The molecule has 1 aromatic rings. The summed E-state index contributed by atoms with van der Waals surface area (Å²) in [6.07, 6.45) is 0.0966. The number of anilines is 1. The van der Waals surface area contributed by atoms with Crippen LogP contribution in [0.15, 0.2) is 24.3 Å². The standard InChI is InChI=1S/C36H50N2O11/c1-6-38-17-33(18-49-31(42)19-9-7-8-10-22(19)37-25(39)11-12-26(40)41)14-13-24(46-3)35-21-15-20-23(45-2)16-34(43,27(21)28(20)47-4)36(44,32(35)38)30(48-5)29(33)35/h7-10,20-21,23-24,27-30,32,43-44H,6,11-18H2,1-5H3,(H,37,39)(H,40,41)/t20-,21+,23-,24+,27+,28+,29+,30-,32-,33-,34+,35+,36+/m0/s1. The average molecular weight is 687 g/mol. The van der Waals surface area contributed by atoms with Crippen LogP contribution in [0.25, 0.3) is 0 Å². The van der Waals surface area contributed by atoms with Gasteiger partial charge in [0.1, 0.15) is 11.2 Å². The number of aliphatic hydroxyl groups is 2. The van der Waals surface area contributed by atoms with Crippen molar-refractivity contribution in [3.63, 3.8) is 0 Å². The summed E-state index contributed by atoms with van der Waals surface area (Å²) in [7, 11) is 6.66. The van der Waals surface area contributed by atoms with Gasteiger partial charge < -0.3 is 44.3 Å². The first-order valence-corrected chi connectivity index (χ1v) is 17.5. The number of methoxy groups -OCH3 is 4. The van der Waals surface area contributed by atoms with Crippen LogP contribution in [0, 0.1) is 34.5 Å². The highest BCUT2D eigenvalue weighted by Gasteiger charge is 2.91. The second-order valence-corrected chi connectivity index (χ2v) is 15.2. The van der Waals surface area contributed by atoms with E-state index in [1.165, 1.54) is 0 Å². The number of hydrogen-bond donors (Lipinski definition) is 4. The molecule has 0 radical (unpaired) electrons. The fraction of sp³-hybridized carbons (Fsp3) is 0.750. The van der Waals surface area contributed by atoms with Crippen molar-refractivity contribution in [3.05, 3.63) is 29.8 Å². The molecule has 7 bridgehead atoms. The predicted molar refractivity (Wildman–Crippen MR) is 174 cm³/mol. The van der Waals surface area contributed by atoms with E-state index in [1.54, 1.807) is 52.7 Å². The molecule has 6 aliphatic rings. The maximum Gasteiger partial charge on any atom is 0.340 e. The second-order valence-electron chi connectivity index (χ2n) is 15.2. The Morgan fingerprint density at radius 2 is 1.78 bits per heavy atom. The molecule has 1 saturated heterocycles. The number of carbonyl (C=O) groups is 3. The normalized spacial score (nSPS) is 44.4. The van der Waals surface area contributed by atoms with Crippen LogP contribution in [-0.2, 0) is 33.3 Å². The number of amides is 1. The molecule has 1 spiro atoms. The maximum absolute atomic E-state index is 13.9. The number of benzene rings is 1. The van der Waals surface area contributed by atoms with Crippen molar-refractivity contribution in [3.8, 4) is 0 Å².